The molecular formula is C20H24N2O7S. The molecule has 2 aromatic carbocycles. The lowest BCUT2D eigenvalue weighted by Crippen LogP contribution is -2.19. The first-order valence-corrected chi connectivity index (χ1v) is 10.4. The Morgan fingerprint density at radius 3 is 2.07 bits per heavy atom. The number of rotatable bonds is 9. The topological polar surface area (TPSA) is 126 Å². The molecule has 0 fully saturated rings. The molecule has 0 aromatic heterocycles. The minimum Gasteiger partial charge on any atom is -0.496 e. The molecule has 0 radical (unpaired) electrons. The molecule has 0 saturated carbocycles. The predicted octanol–water partition coefficient (Wildman–Crippen LogP) is 2.80. The maximum atomic E-state index is 12.6. The van der Waals surface area contributed by atoms with Crippen LogP contribution in [-0.4, -0.2) is 42.9 Å². The van der Waals surface area contributed by atoms with Gasteiger partial charge in [0.2, 0.25) is 0 Å². The van der Waals surface area contributed by atoms with Gasteiger partial charge in [-0.1, -0.05) is 6.07 Å². The maximum absolute atomic E-state index is 12.6. The average molecular weight is 436 g/mol. The maximum Gasteiger partial charge on any atom is 0.316 e. The van der Waals surface area contributed by atoms with Crippen LogP contribution in [-0.2, 0) is 15.6 Å². The van der Waals surface area contributed by atoms with Crippen LogP contribution in [0.25, 0.3) is 6.08 Å². The molecule has 0 saturated heterocycles. The number of primary amides is 1. The van der Waals surface area contributed by atoms with Gasteiger partial charge in [-0.05, 0) is 23.8 Å². The third-order valence-electron chi connectivity index (χ3n) is 4.08. The molecule has 0 aliphatic carbocycles. The zero-order valence-corrected chi connectivity index (χ0v) is 17.9. The van der Waals surface area contributed by atoms with Crippen LogP contribution in [0.4, 0.5) is 10.5 Å². The van der Waals surface area contributed by atoms with E-state index in [4.69, 9.17) is 24.7 Å². The van der Waals surface area contributed by atoms with Gasteiger partial charge in [-0.25, -0.2) is 13.2 Å². The molecule has 0 aliphatic heterocycles. The summed E-state index contributed by atoms with van der Waals surface area (Å²) in [5, 5.41) is 3.48. The Morgan fingerprint density at radius 1 is 0.967 bits per heavy atom. The minimum absolute atomic E-state index is 0.278. The number of benzene rings is 2. The van der Waals surface area contributed by atoms with E-state index in [1.807, 2.05) is 0 Å². The molecule has 0 atom stereocenters. The number of carbonyl (C=O) groups excluding carboxylic acids is 1. The Morgan fingerprint density at radius 2 is 1.57 bits per heavy atom. The van der Waals surface area contributed by atoms with E-state index in [2.05, 4.69) is 5.32 Å². The van der Waals surface area contributed by atoms with Crippen molar-refractivity contribution in [3.05, 3.63) is 46.9 Å². The molecule has 3 N–H and O–H groups in total. The Hall–Kier alpha value is -3.40. The monoisotopic (exact) mass is 436 g/mol. The second-order valence-corrected chi connectivity index (χ2v) is 7.97. The lowest BCUT2D eigenvalue weighted by atomic mass is 10.1. The van der Waals surface area contributed by atoms with Crippen LogP contribution in [0, 0.1) is 0 Å². The Balaban J connectivity index is 2.34. The quantitative estimate of drug-likeness (QED) is 0.619. The molecular weight excluding hydrogens is 412 g/mol. The fraction of sp³-hybridized carbons (Fsp3) is 0.250. The molecule has 2 amide bonds. The number of amides is 2. The van der Waals surface area contributed by atoms with E-state index in [0.29, 0.717) is 34.1 Å². The van der Waals surface area contributed by atoms with Crippen LogP contribution < -0.4 is 30.0 Å². The van der Waals surface area contributed by atoms with Crippen molar-refractivity contribution >= 4 is 27.6 Å². The molecule has 162 valence electrons. The second kappa shape index (κ2) is 9.88. The number of anilines is 1. The van der Waals surface area contributed by atoms with Gasteiger partial charge in [0.25, 0.3) is 0 Å². The van der Waals surface area contributed by atoms with Crippen LogP contribution in [0.5, 0.6) is 23.0 Å². The van der Waals surface area contributed by atoms with Crippen molar-refractivity contribution in [2.24, 2.45) is 5.73 Å². The van der Waals surface area contributed by atoms with E-state index in [9.17, 15) is 13.2 Å². The van der Waals surface area contributed by atoms with Gasteiger partial charge in [-0.15, -0.1) is 0 Å². The number of nitrogens with one attached hydrogen (secondary N) is 1. The van der Waals surface area contributed by atoms with E-state index in [-0.39, 0.29) is 11.4 Å². The Kier molecular flexibility index (Phi) is 7.54. The van der Waals surface area contributed by atoms with Gasteiger partial charge in [0.15, 0.2) is 9.84 Å². The number of ether oxygens (including phenoxy) is 4. The molecule has 0 spiro atoms. The molecule has 0 heterocycles. The molecule has 0 aliphatic rings. The second-order valence-electron chi connectivity index (χ2n) is 6.08. The lowest BCUT2D eigenvalue weighted by Gasteiger charge is -2.12. The fourth-order valence-corrected chi connectivity index (χ4v) is 3.81. The van der Waals surface area contributed by atoms with E-state index in [1.54, 1.807) is 24.3 Å². The molecule has 30 heavy (non-hydrogen) atoms. The van der Waals surface area contributed by atoms with Crippen molar-refractivity contribution in [2.45, 2.75) is 5.75 Å². The minimum atomic E-state index is -3.67. The highest BCUT2D eigenvalue weighted by Crippen LogP contribution is 2.35. The van der Waals surface area contributed by atoms with Crippen LogP contribution in [0.15, 0.2) is 35.7 Å². The van der Waals surface area contributed by atoms with Gasteiger partial charge in [0.1, 0.15) is 23.0 Å². The Labute approximate surface area is 175 Å². The van der Waals surface area contributed by atoms with Gasteiger partial charge < -0.3 is 30.0 Å². The highest BCUT2D eigenvalue weighted by molar-refractivity contribution is 7.93. The van der Waals surface area contributed by atoms with E-state index < -0.39 is 15.9 Å². The summed E-state index contributed by atoms with van der Waals surface area (Å²) < 4.78 is 46.3. The lowest BCUT2D eigenvalue weighted by molar-refractivity contribution is 0.259. The molecule has 10 heteroatoms. The smallest absolute Gasteiger partial charge is 0.316 e. The summed E-state index contributed by atoms with van der Waals surface area (Å²) in [6.45, 7) is 0. The van der Waals surface area contributed by atoms with Crippen LogP contribution in [0.2, 0.25) is 0 Å². The van der Waals surface area contributed by atoms with E-state index in [1.165, 1.54) is 40.6 Å². The number of sulfone groups is 1. The van der Waals surface area contributed by atoms with Crippen molar-refractivity contribution in [2.75, 3.05) is 33.8 Å². The largest absolute Gasteiger partial charge is 0.496 e. The van der Waals surface area contributed by atoms with Crippen LogP contribution >= 0.6 is 0 Å². The Bertz CT molecular complexity index is 1020. The zero-order chi connectivity index (χ0) is 22.3. The summed E-state index contributed by atoms with van der Waals surface area (Å²) in [5.41, 5.74) is 6.32. The van der Waals surface area contributed by atoms with Gasteiger partial charge in [-0.3, -0.25) is 0 Å². The van der Waals surface area contributed by atoms with Crippen molar-refractivity contribution in [3.8, 4) is 23.0 Å². The summed E-state index contributed by atoms with van der Waals surface area (Å²) in [6.07, 6.45) is 1.40. The number of hydrogen-bond donors (Lipinski definition) is 2. The number of carbonyl (C=O) groups is 1. The summed E-state index contributed by atoms with van der Waals surface area (Å²) in [6, 6.07) is 7.09. The molecule has 0 unspecified atom stereocenters. The first-order valence-electron chi connectivity index (χ1n) is 8.67. The molecule has 2 aromatic rings. The standard InChI is InChI=1S/C20H24N2O7S/c1-26-14-10-18(28-3)15(19(11-14)29-4)7-8-30(24,25)12-13-5-6-17(27-2)16(9-13)22-20(21)23/h5-11H,12H2,1-4H3,(H3,21,22,23)/b8-7+. The average Bonchev–Trinajstić information content (AvgIpc) is 2.71. The van der Waals surface area contributed by atoms with Crippen molar-refractivity contribution in [1.82, 2.24) is 0 Å². The van der Waals surface area contributed by atoms with Crippen molar-refractivity contribution < 1.29 is 32.2 Å². The first-order chi connectivity index (χ1) is 14.2. The number of hydrogen-bond acceptors (Lipinski definition) is 7. The number of urea groups is 1. The molecule has 9 nitrogen and oxygen atoms in total. The molecule has 0 bridgehead atoms. The first kappa shape index (κ1) is 22.9. The fourth-order valence-electron chi connectivity index (χ4n) is 2.72. The molecule has 2 rings (SSSR count). The highest BCUT2D eigenvalue weighted by Gasteiger charge is 2.15. The van der Waals surface area contributed by atoms with Crippen molar-refractivity contribution in [1.29, 1.82) is 0 Å². The van der Waals surface area contributed by atoms with E-state index >= 15 is 0 Å². The third-order valence-corrected chi connectivity index (χ3v) is 5.37. The van der Waals surface area contributed by atoms with Crippen LogP contribution in [0.1, 0.15) is 11.1 Å². The third kappa shape index (κ3) is 5.80. The van der Waals surface area contributed by atoms with Gasteiger partial charge in [-0.2, -0.15) is 0 Å². The summed E-state index contributed by atoms with van der Waals surface area (Å²) in [7, 11) is 2.19. The summed E-state index contributed by atoms with van der Waals surface area (Å²) in [5.74, 6) is 1.36. The van der Waals surface area contributed by atoms with Crippen LogP contribution in [0.3, 0.4) is 0 Å². The number of methoxy groups -OCH3 is 4. The van der Waals surface area contributed by atoms with Gasteiger partial charge in [0, 0.05) is 17.5 Å². The van der Waals surface area contributed by atoms with Gasteiger partial charge >= 0.3 is 6.03 Å². The van der Waals surface area contributed by atoms with Gasteiger partial charge in [0.05, 0.1) is 45.4 Å². The summed E-state index contributed by atoms with van der Waals surface area (Å²) in [4.78, 5) is 11.2. The predicted molar refractivity (Wildman–Crippen MR) is 114 cm³/mol. The van der Waals surface area contributed by atoms with Crippen molar-refractivity contribution in [3.63, 3.8) is 0 Å². The highest BCUT2D eigenvalue weighted by atomic mass is 32.2. The summed E-state index contributed by atoms with van der Waals surface area (Å²) >= 11 is 0. The SMILES string of the molecule is COc1cc(OC)c(/C=C/S(=O)(=O)Cc2ccc(OC)c(NC(N)=O)c2)c(OC)c1. The normalized spacial score (nSPS) is 11.2. The number of nitrogens with two attached hydrogens (primary N) is 1. The zero-order valence-electron chi connectivity index (χ0n) is 17.1. The van der Waals surface area contributed by atoms with E-state index in [0.717, 1.165) is 5.41 Å².